The van der Waals surface area contributed by atoms with Crippen LogP contribution >= 0.6 is 11.3 Å². The van der Waals surface area contributed by atoms with Gasteiger partial charge in [0.2, 0.25) is 0 Å². The van der Waals surface area contributed by atoms with Crippen LogP contribution in [0.15, 0.2) is 6.33 Å². The molecule has 1 aliphatic carbocycles. The van der Waals surface area contributed by atoms with Gasteiger partial charge in [-0.05, 0) is 44.6 Å². The summed E-state index contributed by atoms with van der Waals surface area (Å²) < 4.78 is 0. The van der Waals surface area contributed by atoms with Gasteiger partial charge in [-0.3, -0.25) is 0 Å². The van der Waals surface area contributed by atoms with Crippen LogP contribution in [0.5, 0.6) is 0 Å². The second-order valence-electron chi connectivity index (χ2n) is 5.40. The summed E-state index contributed by atoms with van der Waals surface area (Å²) in [4.78, 5) is 14.1. The molecule has 0 spiro atoms. The van der Waals surface area contributed by atoms with E-state index in [1.165, 1.54) is 35.0 Å². The standard InChI is InChI=1S/C15H21N3S/c1-4-18(5-2)14-13-11-7-6-10(3)8-12(11)19-15(13)17-9-16-14/h9-10H,4-8H2,1-3H3/t10-/m0/s1. The predicted molar refractivity (Wildman–Crippen MR) is 82.2 cm³/mol. The smallest absolute Gasteiger partial charge is 0.141 e. The molecule has 19 heavy (non-hydrogen) atoms. The quantitative estimate of drug-likeness (QED) is 0.856. The number of hydrogen-bond donors (Lipinski definition) is 0. The van der Waals surface area contributed by atoms with E-state index in [1.807, 2.05) is 11.3 Å². The van der Waals surface area contributed by atoms with Crippen molar-refractivity contribution in [3.8, 4) is 0 Å². The van der Waals surface area contributed by atoms with Crippen LogP contribution in [0, 0.1) is 5.92 Å². The highest BCUT2D eigenvalue weighted by molar-refractivity contribution is 7.19. The largest absolute Gasteiger partial charge is 0.357 e. The predicted octanol–water partition coefficient (Wildman–Crippen LogP) is 3.66. The molecule has 3 nitrogen and oxygen atoms in total. The van der Waals surface area contributed by atoms with Crippen molar-refractivity contribution in [2.75, 3.05) is 18.0 Å². The number of nitrogens with zero attached hydrogens (tertiary/aromatic N) is 3. The molecule has 0 aromatic carbocycles. The van der Waals surface area contributed by atoms with Crippen molar-refractivity contribution >= 4 is 27.4 Å². The lowest BCUT2D eigenvalue weighted by molar-refractivity contribution is 0.509. The number of rotatable bonds is 3. The molecular formula is C15H21N3S. The van der Waals surface area contributed by atoms with E-state index in [4.69, 9.17) is 0 Å². The summed E-state index contributed by atoms with van der Waals surface area (Å²) in [7, 11) is 0. The third kappa shape index (κ3) is 2.12. The molecule has 1 atom stereocenters. The highest BCUT2D eigenvalue weighted by atomic mass is 32.1. The van der Waals surface area contributed by atoms with Gasteiger partial charge in [0.05, 0.1) is 5.39 Å². The van der Waals surface area contributed by atoms with Gasteiger partial charge in [-0.15, -0.1) is 11.3 Å². The lowest BCUT2D eigenvalue weighted by Gasteiger charge is -2.22. The first-order valence-electron chi connectivity index (χ1n) is 7.24. The van der Waals surface area contributed by atoms with Gasteiger partial charge >= 0.3 is 0 Å². The average Bonchev–Trinajstić information content (AvgIpc) is 2.78. The SMILES string of the molecule is CCN(CC)c1ncnc2sc3c(c12)CC[C@H](C)C3. The van der Waals surface area contributed by atoms with E-state index >= 15 is 0 Å². The minimum Gasteiger partial charge on any atom is -0.357 e. The molecule has 0 N–H and O–H groups in total. The fraction of sp³-hybridized carbons (Fsp3) is 0.600. The van der Waals surface area contributed by atoms with Gasteiger partial charge in [-0.25, -0.2) is 9.97 Å². The lowest BCUT2D eigenvalue weighted by Crippen LogP contribution is -2.23. The normalized spacial score (nSPS) is 18.6. The summed E-state index contributed by atoms with van der Waals surface area (Å²) in [5.74, 6) is 1.95. The summed E-state index contributed by atoms with van der Waals surface area (Å²) in [6, 6.07) is 0. The van der Waals surface area contributed by atoms with Crippen LogP contribution in [-0.2, 0) is 12.8 Å². The highest BCUT2D eigenvalue weighted by Crippen LogP contribution is 2.40. The maximum Gasteiger partial charge on any atom is 0.141 e. The molecule has 0 amide bonds. The fourth-order valence-corrected chi connectivity index (χ4v) is 4.37. The molecule has 2 aromatic heterocycles. The van der Waals surface area contributed by atoms with Crippen molar-refractivity contribution in [3.63, 3.8) is 0 Å². The van der Waals surface area contributed by atoms with E-state index in [1.54, 1.807) is 11.2 Å². The van der Waals surface area contributed by atoms with Gasteiger partial charge in [0.25, 0.3) is 0 Å². The van der Waals surface area contributed by atoms with Crippen molar-refractivity contribution in [3.05, 3.63) is 16.8 Å². The average molecular weight is 275 g/mol. The van der Waals surface area contributed by atoms with Crippen molar-refractivity contribution in [2.45, 2.75) is 40.0 Å². The Morgan fingerprint density at radius 2 is 2.11 bits per heavy atom. The molecule has 0 fully saturated rings. The van der Waals surface area contributed by atoms with Crippen LogP contribution in [0.25, 0.3) is 10.2 Å². The van der Waals surface area contributed by atoms with Crippen LogP contribution in [0.4, 0.5) is 5.82 Å². The number of thiophene rings is 1. The maximum atomic E-state index is 4.57. The van der Waals surface area contributed by atoms with Crippen LogP contribution in [0.1, 0.15) is 37.6 Å². The van der Waals surface area contributed by atoms with Crippen LogP contribution in [0.3, 0.4) is 0 Å². The molecule has 0 saturated heterocycles. The molecule has 2 heterocycles. The molecule has 0 radical (unpaired) electrons. The third-order valence-electron chi connectivity index (χ3n) is 4.13. The van der Waals surface area contributed by atoms with Crippen LogP contribution in [0.2, 0.25) is 0 Å². The fourth-order valence-electron chi connectivity index (χ4n) is 3.02. The van der Waals surface area contributed by atoms with Crippen molar-refractivity contribution in [2.24, 2.45) is 5.92 Å². The minimum atomic E-state index is 0.811. The van der Waals surface area contributed by atoms with Gasteiger partial charge < -0.3 is 4.90 Å². The Bertz CT molecular complexity index is 586. The molecule has 4 heteroatoms. The summed E-state index contributed by atoms with van der Waals surface area (Å²) >= 11 is 1.88. The van der Waals surface area contributed by atoms with Crippen LogP contribution < -0.4 is 4.90 Å². The van der Waals surface area contributed by atoms with Crippen LogP contribution in [-0.4, -0.2) is 23.1 Å². The van der Waals surface area contributed by atoms with Gasteiger partial charge in [0, 0.05) is 18.0 Å². The number of aryl methyl sites for hydroxylation is 1. The van der Waals surface area contributed by atoms with Gasteiger partial charge in [-0.2, -0.15) is 0 Å². The first-order chi connectivity index (χ1) is 9.24. The topological polar surface area (TPSA) is 29.0 Å². The van der Waals surface area contributed by atoms with E-state index in [9.17, 15) is 0 Å². The number of anilines is 1. The Kier molecular flexibility index (Phi) is 3.44. The number of aromatic nitrogens is 2. The first-order valence-corrected chi connectivity index (χ1v) is 8.06. The summed E-state index contributed by atoms with van der Waals surface area (Å²) in [6.07, 6.45) is 5.43. The molecule has 102 valence electrons. The lowest BCUT2D eigenvalue weighted by atomic mass is 9.89. The highest BCUT2D eigenvalue weighted by Gasteiger charge is 2.24. The Morgan fingerprint density at radius 3 is 2.84 bits per heavy atom. The van der Waals surface area contributed by atoms with E-state index < -0.39 is 0 Å². The second kappa shape index (κ2) is 5.08. The molecule has 0 aliphatic heterocycles. The van der Waals surface area contributed by atoms with Crippen molar-refractivity contribution in [1.29, 1.82) is 0 Å². The van der Waals surface area contributed by atoms with Gasteiger partial charge in [0.15, 0.2) is 0 Å². The van der Waals surface area contributed by atoms with Crippen molar-refractivity contribution < 1.29 is 0 Å². The molecule has 1 aliphatic rings. The first kappa shape index (κ1) is 12.9. The van der Waals surface area contributed by atoms with Gasteiger partial charge in [0.1, 0.15) is 17.0 Å². The molecule has 3 rings (SSSR count). The zero-order valence-electron chi connectivity index (χ0n) is 11.9. The molecule has 0 unspecified atom stereocenters. The zero-order chi connectivity index (χ0) is 13.4. The monoisotopic (exact) mass is 275 g/mol. The second-order valence-corrected chi connectivity index (χ2v) is 6.49. The third-order valence-corrected chi connectivity index (χ3v) is 5.30. The molecule has 0 bridgehead atoms. The maximum absolute atomic E-state index is 4.57. The van der Waals surface area contributed by atoms with E-state index in [2.05, 4.69) is 35.6 Å². The Hall–Kier alpha value is -1.16. The number of hydrogen-bond acceptors (Lipinski definition) is 4. The summed E-state index contributed by atoms with van der Waals surface area (Å²) in [5.41, 5.74) is 1.53. The summed E-state index contributed by atoms with van der Waals surface area (Å²) in [5, 5.41) is 1.33. The minimum absolute atomic E-state index is 0.811. The molecule has 0 saturated carbocycles. The van der Waals surface area contributed by atoms with Gasteiger partial charge in [-0.1, -0.05) is 6.92 Å². The molecular weight excluding hydrogens is 254 g/mol. The Balaban J connectivity index is 2.19. The summed E-state index contributed by atoms with van der Waals surface area (Å²) in [6.45, 7) is 8.74. The van der Waals surface area contributed by atoms with E-state index in [-0.39, 0.29) is 0 Å². The zero-order valence-corrected chi connectivity index (χ0v) is 12.8. The van der Waals surface area contributed by atoms with E-state index in [0.717, 1.165) is 24.8 Å². The van der Waals surface area contributed by atoms with Crippen molar-refractivity contribution in [1.82, 2.24) is 9.97 Å². The number of fused-ring (bicyclic) bond motifs is 3. The molecule has 2 aromatic rings. The Morgan fingerprint density at radius 1 is 1.32 bits per heavy atom. The van der Waals surface area contributed by atoms with E-state index in [0.29, 0.717) is 0 Å². The Labute approximate surface area is 118 Å².